The molecule has 1 aliphatic heterocycles. The molecule has 2 unspecified atom stereocenters. The number of benzene rings is 1. The third-order valence-electron chi connectivity index (χ3n) is 7.07. The van der Waals surface area contributed by atoms with Crippen LogP contribution in [-0.4, -0.2) is 56.0 Å². The van der Waals surface area contributed by atoms with Gasteiger partial charge in [0.1, 0.15) is 18.0 Å². The lowest BCUT2D eigenvalue weighted by Crippen LogP contribution is -2.54. The molecule has 0 bridgehead atoms. The van der Waals surface area contributed by atoms with Crippen LogP contribution in [0.4, 0.5) is 5.82 Å². The molecule has 3 aromatic heterocycles. The van der Waals surface area contributed by atoms with Crippen molar-refractivity contribution in [2.75, 3.05) is 24.5 Å². The molecule has 1 aliphatic rings. The number of amides is 1. The highest BCUT2D eigenvalue weighted by Gasteiger charge is 2.31. The van der Waals surface area contributed by atoms with Crippen LogP contribution in [0.25, 0.3) is 16.9 Å². The summed E-state index contributed by atoms with van der Waals surface area (Å²) in [4.78, 5) is 31.2. The van der Waals surface area contributed by atoms with Crippen LogP contribution >= 0.6 is 0 Å². The van der Waals surface area contributed by atoms with E-state index in [0.29, 0.717) is 36.6 Å². The van der Waals surface area contributed by atoms with Crippen molar-refractivity contribution < 1.29 is 4.79 Å². The summed E-state index contributed by atoms with van der Waals surface area (Å²) in [6.07, 6.45) is 6.29. The fourth-order valence-corrected chi connectivity index (χ4v) is 4.90. The lowest BCUT2D eigenvalue weighted by Gasteiger charge is -2.40. The van der Waals surface area contributed by atoms with E-state index in [4.69, 9.17) is 4.98 Å². The first-order valence-corrected chi connectivity index (χ1v) is 12.3. The number of carbonyl (C=O) groups excluding carboxylic acids is 1. The highest BCUT2D eigenvalue weighted by molar-refractivity contribution is 5.95. The summed E-state index contributed by atoms with van der Waals surface area (Å²) in [6.45, 7) is 8.44. The fraction of sp³-hybridized carbons (Fsp3) is 0.321. The maximum absolute atomic E-state index is 13.1. The van der Waals surface area contributed by atoms with Gasteiger partial charge in [-0.25, -0.2) is 15.0 Å². The molecule has 2 atom stereocenters. The molecule has 0 aliphatic carbocycles. The predicted octanol–water partition coefficient (Wildman–Crippen LogP) is 4.55. The number of fused-ring (bicyclic) bond motifs is 1. The molecule has 4 heterocycles. The number of hydrogen-bond donors (Lipinski definition) is 0. The maximum atomic E-state index is 13.1. The van der Waals surface area contributed by atoms with E-state index in [-0.39, 0.29) is 17.9 Å². The van der Waals surface area contributed by atoms with Gasteiger partial charge < -0.3 is 9.80 Å². The Kier molecular flexibility index (Phi) is 6.38. The van der Waals surface area contributed by atoms with Gasteiger partial charge >= 0.3 is 0 Å². The van der Waals surface area contributed by atoms with E-state index < -0.39 is 0 Å². The summed E-state index contributed by atoms with van der Waals surface area (Å²) in [7, 11) is 0. The Morgan fingerprint density at radius 1 is 1.17 bits per heavy atom. The van der Waals surface area contributed by atoms with Gasteiger partial charge in [-0.2, -0.15) is 5.26 Å². The Bertz CT molecular complexity index is 1440. The van der Waals surface area contributed by atoms with Gasteiger partial charge in [0.25, 0.3) is 5.91 Å². The van der Waals surface area contributed by atoms with Crippen LogP contribution in [0.5, 0.6) is 0 Å². The first-order valence-electron chi connectivity index (χ1n) is 12.3. The van der Waals surface area contributed by atoms with E-state index in [9.17, 15) is 10.1 Å². The zero-order valence-corrected chi connectivity index (χ0v) is 20.8. The molecule has 0 N–H and O–H groups in total. The molecular formula is C28H29N7O. The van der Waals surface area contributed by atoms with Crippen LogP contribution in [0.2, 0.25) is 0 Å². The lowest BCUT2D eigenvalue weighted by atomic mass is 9.98. The number of nitrogens with zero attached hydrogens (tertiary/aromatic N) is 7. The zero-order valence-electron chi connectivity index (χ0n) is 20.8. The topological polar surface area (TPSA) is 90.9 Å². The molecule has 182 valence electrons. The number of piperazine rings is 1. The molecular weight excluding hydrogens is 450 g/mol. The van der Waals surface area contributed by atoms with Crippen molar-refractivity contribution in [3.63, 3.8) is 0 Å². The number of carbonyl (C=O) groups is 1. The second-order valence-electron chi connectivity index (χ2n) is 9.33. The molecule has 4 aromatic rings. The monoisotopic (exact) mass is 479 g/mol. The van der Waals surface area contributed by atoms with Crippen LogP contribution in [0.1, 0.15) is 54.6 Å². The summed E-state index contributed by atoms with van der Waals surface area (Å²) in [5, 5.41) is 10.4. The van der Waals surface area contributed by atoms with Crippen molar-refractivity contribution in [2.24, 2.45) is 0 Å². The van der Waals surface area contributed by atoms with Crippen molar-refractivity contribution in [3.8, 4) is 11.9 Å². The van der Waals surface area contributed by atoms with E-state index in [0.717, 1.165) is 28.8 Å². The second-order valence-corrected chi connectivity index (χ2v) is 9.33. The number of nitriles is 1. The maximum Gasteiger partial charge on any atom is 0.254 e. The highest BCUT2D eigenvalue weighted by Crippen LogP contribution is 2.36. The highest BCUT2D eigenvalue weighted by atomic mass is 16.2. The van der Waals surface area contributed by atoms with Crippen molar-refractivity contribution in [3.05, 3.63) is 77.9 Å². The molecule has 1 saturated heterocycles. The first kappa shape index (κ1) is 23.5. The number of rotatable bonds is 5. The van der Waals surface area contributed by atoms with Crippen LogP contribution in [0.3, 0.4) is 0 Å². The number of pyridine rings is 1. The van der Waals surface area contributed by atoms with Gasteiger partial charge in [0.15, 0.2) is 5.65 Å². The minimum absolute atomic E-state index is 0.0274. The van der Waals surface area contributed by atoms with Crippen molar-refractivity contribution in [1.29, 1.82) is 5.26 Å². The van der Waals surface area contributed by atoms with E-state index in [1.807, 2.05) is 39.8 Å². The summed E-state index contributed by atoms with van der Waals surface area (Å²) in [5.74, 6) is 1.88. The third-order valence-corrected chi connectivity index (χ3v) is 7.07. The molecule has 0 radical (unpaired) electrons. The lowest BCUT2D eigenvalue weighted by molar-refractivity contribution is 0.0674. The van der Waals surface area contributed by atoms with Crippen molar-refractivity contribution in [1.82, 2.24) is 24.4 Å². The summed E-state index contributed by atoms with van der Waals surface area (Å²) >= 11 is 0. The molecule has 36 heavy (non-hydrogen) atoms. The predicted molar refractivity (Wildman–Crippen MR) is 139 cm³/mol. The number of hydrogen-bond acceptors (Lipinski definition) is 6. The van der Waals surface area contributed by atoms with Crippen LogP contribution in [0, 0.1) is 11.3 Å². The molecule has 8 heteroatoms. The Morgan fingerprint density at radius 3 is 2.69 bits per heavy atom. The van der Waals surface area contributed by atoms with Gasteiger partial charge in [-0.1, -0.05) is 32.0 Å². The molecule has 1 amide bonds. The number of aromatic nitrogens is 4. The van der Waals surface area contributed by atoms with Crippen LogP contribution in [-0.2, 0) is 0 Å². The van der Waals surface area contributed by atoms with Crippen LogP contribution < -0.4 is 4.90 Å². The standard InChI is InChI=1S/C28H29N7O/c1-4-19(2)23-17-35(24-14-21(15-29)10-11-30-24)27-25(23)26(31-18-32-27)33-12-13-34(20(3)16-33)28(36)22-8-6-5-7-9-22/h5-11,14,17-20H,4,12-13,16H2,1-3H3. The molecule has 0 saturated carbocycles. The summed E-state index contributed by atoms with van der Waals surface area (Å²) in [6, 6.07) is 15.1. The van der Waals surface area contributed by atoms with E-state index in [1.54, 1.807) is 24.7 Å². The van der Waals surface area contributed by atoms with Crippen molar-refractivity contribution in [2.45, 2.75) is 39.2 Å². The largest absolute Gasteiger partial charge is 0.352 e. The minimum Gasteiger partial charge on any atom is -0.352 e. The average Bonchev–Trinajstić information content (AvgIpc) is 3.33. The van der Waals surface area contributed by atoms with E-state index in [2.05, 4.69) is 47.9 Å². The van der Waals surface area contributed by atoms with Gasteiger partial charge in [0.05, 0.1) is 17.0 Å². The normalized spacial score (nSPS) is 16.7. The summed E-state index contributed by atoms with van der Waals surface area (Å²) in [5.41, 5.74) is 3.19. The molecule has 1 fully saturated rings. The van der Waals surface area contributed by atoms with Crippen molar-refractivity contribution >= 4 is 22.8 Å². The minimum atomic E-state index is 0.0274. The second kappa shape index (κ2) is 9.78. The Morgan fingerprint density at radius 2 is 1.97 bits per heavy atom. The molecule has 0 spiro atoms. The molecule has 1 aromatic carbocycles. The molecule has 5 rings (SSSR count). The van der Waals surface area contributed by atoms with Gasteiger partial charge in [0.2, 0.25) is 0 Å². The quantitative estimate of drug-likeness (QED) is 0.417. The third kappa shape index (κ3) is 4.17. The Balaban J connectivity index is 1.53. The van der Waals surface area contributed by atoms with E-state index >= 15 is 0 Å². The average molecular weight is 480 g/mol. The number of anilines is 1. The van der Waals surface area contributed by atoms with Gasteiger partial charge in [-0.3, -0.25) is 9.36 Å². The Labute approximate surface area is 210 Å². The van der Waals surface area contributed by atoms with Crippen LogP contribution in [0.15, 0.2) is 61.2 Å². The Hall–Kier alpha value is -4.25. The van der Waals surface area contributed by atoms with E-state index in [1.165, 1.54) is 0 Å². The first-order chi connectivity index (χ1) is 17.5. The van der Waals surface area contributed by atoms with Gasteiger partial charge in [-0.15, -0.1) is 0 Å². The fourth-order valence-electron chi connectivity index (χ4n) is 4.90. The zero-order chi connectivity index (χ0) is 25.2. The summed E-state index contributed by atoms with van der Waals surface area (Å²) < 4.78 is 1.96. The molecule has 8 nitrogen and oxygen atoms in total. The SMILES string of the molecule is CCC(C)c1cn(-c2cc(C#N)ccn2)c2ncnc(N3CCN(C(=O)c4ccccc4)C(C)C3)c12. The smallest absolute Gasteiger partial charge is 0.254 e. The van der Waals surface area contributed by atoms with Gasteiger partial charge in [-0.05, 0) is 49.1 Å². The van der Waals surface area contributed by atoms with Gasteiger partial charge in [0, 0.05) is 43.6 Å².